The molecule has 10 heteroatoms. The quantitative estimate of drug-likeness (QED) is 0.423. The van der Waals surface area contributed by atoms with E-state index in [1.807, 2.05) is 0 Å². The van der Waals surface area contributed by atoms with Gasteiger partial charge in [-0.1, -0.05) is 50.6 Å². The second-order valence-electron chi connectivity index (χ2n) is 3.56. The molecule has 0 aliphatic carbocycles. The Morgan fingerprint density at radius 3 is 2.90 bits per heavy atom. The summed E-state index contributed by atoms with van der Waals surface area (Å²) in [6.07, 6.45) is 0. The number of hydrogen-bond donors (Lipinski definition) is 0. The minimum atomic E-state index is -0.588. The molecule has 0 amide bonds. The Morgan fingerprint density at radius 1 is 1.57 bits per heavy atom. The minimum absolute atomic E-state index is 0.0223. The van der Waals surface area contributed by atoms with E-state index in [9.17, 15) is 14.9 Å². The number of hydrogen-bond acceptors (Lipinski definition) is 7. The van der Waals surface area contributed by atoms with Crippen LogP contribution in [0.5, 0.6) is 0 Å². The monoisotopic (exact) mass is 408 g/mol. The Hall–Kier alpha value is -1.16. The summed E-state index contributed by atoms with van der Waals surface area (Å²) < 4.78 is 5.61. The van der Waals surface area contributed by atoms with Crippen molar-refractivity contribution < 1.29 is 14.5 Å². The summed E-state index contributed by atoms with van der Waals surface area (Å²) in [6, 6.07) is 4.69. The molecule has 0 aliphatic heterocycles. The number of nitro benzene ring substituents is 1. The molecule has 0 fully saturated rings. The lowest BCUT2D eigenvalue weighted by Crippen LogP contribution is -1.98. The van der Waals surface area contributed by atoms with E-state index in [1.54, 1.807) is 12.1 Å². The number of carbonyl (C=O) groups is 1. The first-order valence-corrected chi connectivity index (χ1v) is 8.09. The molecule has 0 bridgehead atoms. The van der Waals surface area contributed by atoms with Crippen molar-refractivity contribution in [2.24, 2.45) is 0 Å². The van der Waals surface area contributed by atoms with E-state index in [1.165, 1.54) is 13.2 Å². The van der Waals surface area contributed by atoms with Gasteiger partial charge in [0.25, 0.3) is 5.69 Å². The number of ether oxygens (including phenoxy) is 1. The van der Waals surface area contributed by atoms with Crippen LogP contribution < -0.4 is 0 Å². The highest BCUT2D eigenvalue weighted by molar-refractivity contribution is 9.10. The van der Waals surface area contributed by atoms with Gasteiger partial charge in [0.1, 0.15) is 0 Å². The van der Waals surface area contributed by atoms with Gasteiger partial charge in [0.05, 0.1) is 16.9 Å². The SMILES string of the molecule is COC(=O)c1sc(Sc2ccc(Br)cc2[N+](=O)[O-])nc1Cl. The van der Waals surface area contributed by atoms with Crippen molar-refractivity contribution >= 4 is 62.3 Å². The Labute approximate surface area is 140 Å². The van der Waals surface area contributed by atoms with Gasteiger partial charge >= 0.3 is 5.97 Å². The van der Waals surface area contributed by atoms with Crippen LogP contribution >= 0.6 is 50.6 Å². The largest absolute Gasteiger partial charge is 0.465 e. The molecule has 2 rings (SSSR count). The number of nitro groups is 1. The third-order valence-corrected chi connectivity index (χ3v) is 5.29. The van der Waals surface area contributed by atoms with Gasteiger partial charge in [-0.25, -0.2) is 9.78 Å². The van der Waals surface area contributed by atoms with E-state index in [2.05, 4.69) is 25.7 Å². The third-order valence-electron chi connectivity index (χ3n) is 2.25. The van der Waals surface area contributed by atoms with E-state index in [4.69, 9.17) is 11.6 Å². The van der Waals surface area contributed by atoms with Crippen LogP contribution in [0.25, 0.3) is 0 Å². The van der Waals surface area contributed by atoms with E-state index < -0.39 is 10.9 Å². The molecule has 0 saturated carbocycles. The predicted molar refractivity (Wildman–Crippen MR) is 83.4 cm³/mol. The molecule has 0 radical (unpaired) electrons. The lowest BCUT2D eigenvalue weighted by Gasteiger charge is -2.00. The van der Waals surface area contributed by atoms with Crippen molar-refractivity contribution in [2.75, 3.05) is 7.11 Å². The molecule has 0 atom stereocenters. The first kappa shape index (κ1) is 16.2. The van der Waals surface area contributed by atoms with Crippen molar-refractivity contribution in [3.63, 3.8) is 0 Å². The maximum absolute atomic E-state index is 11.5. The Morgan fingerprint density at radius 2 is 2.29 bits per heavy atom. The van der Waals surface area contributed by atoms with Crippen LogP contribution in [0.1, 0.15) is 9.67 Å². The topological polar surface area (TPSA) is 82.3 Å². The normalized spacial score (nSPS) is 10.4. The van der Waals surface area contributed by atoms with Gasteiger partial charge in [-0.05, 0) is 12.1 Å². The van der Waals surface area contributed by atoms with Crippen LogP contribution in [0, 0.1) is 10.1 Å². The smallest absolute Gasteiger partial charge is 0.351 e. The van der Waals surface area contributed by atoms with Crippen LogP contribution in [-0.4, -0.2) is 23.0 Å². The van der Waals surface area contributed by atoms with Crippen molar-refractivity contribution in [2.45, 2.75) is 9.24 Å². The average Bonchev–Trinajstić information content (AvgIpc) is 2.80. The molecule has 6 nitrogen and oxygen atoms in total. The highest BCUT2D eigenvalue weighted by atomic mass is 79.9. The molecular weight excluding hydrogens is 404 g/mol. The lowest BCUT2D eigenvalue weighted by atomic mass is 10.3. The molecule has 0 aliphatic rings. The van der Waals surface area contributed by atoms with E-state index in [-0.39, 0.29) is 15.7 Å². The maximum Gasteiger partial charge on any atom is 0.351 e. The number of nitrogens with zero attached hydrogens (tertiary/aromatic N) is 2. The summed E-state index contributed by atoms with van der Waals surface area (Å²) in [4.78, 5) is 26.6. The molecule has 1 aromatic carbocycles. The van der Waals surface area contributed by atoms with Gasteiger partial charge in [-0.15, -0.1) is 0 Å². The van der Waals surface area contributed by atoms with Crippen LogP contribution in [0.4, 0.5) is 5.69 Å². The Balaban J connectivity index is 2.35. The molecule has 1 heterocycles. The average molecular weight is 410 g/mol. The fraction of sp³-hybridized carbons (Fsp3) is 0.0909. The van der Waals surface area contributed by atoms with Crippen LogP contribution in [0.3, 0.4) is 0 Å². The van der Waals surface area contributed by atoms with Gasteiger partial charge in [-0.3, -0.25) is 10.1 Å². The zero-order chi connectivity index (χ0) is 15.6. The first-order chi connectivity index (χ1) is 9.92. The number of methoxy groups -OCH3 is 1. The molecule has 0 N–H and O–H groups in total. The summed E-state index contributed by atoms with van der Waals surface area (Å²) in [6.45, 7) is 0. The molecule has 0 unspecified atom stereocenters. The predicted octanol–water partition coefficient (Wildman–Crippen LogP) is 4.41. The summed E-state index contributed by atoms with van der Waals surface area (Å²) >= 11 is 11.1. The summed E-state index contributed by atoms with van der Waals surface area (Å²) in [7, 11) is 1.24. The van der Waals surface area contributed by atoms with Crippen LogP contribution in [0.15, 0.2) is 31.9 Å². The zero-order valence-electron chi connectivity index (χ0n) is 10.3. The van der Waals surface area contributed by atoms with Crippen molar-refractivity contribution in [1.29, 1.82) is 0 Å². The van der Waals surface area contributed by atoms with Crippen molar-refractivity contribution in [3.05, 3.63) is 42.8 Å². The number of benzene rings is 1. The highest BCUT2D eigenvalue weighted by Gasteiger charge is 2.21. The molecule has 21 heavy (non-hydrogen) atoms. The summed E-state index contributed by atoms with van der Waals surface area (Å²) in [5.41, 5.74) is -0.0553. The minimum Gasteiger partial charge on any atom is -0.465 e. The number of carbonyl (C=O) groups excluding carboxylic acids is 1. The molecule has 2 aromatic rings. The van der Waals surface area contributed by atoms with Gasteiger partial charge in [0, 0.05) is 10.5 Å². The number of rotatable bonds is 4. The van der Waals surface area contributed by atoms with Gasteiger partial charge < -0.3 is 4.74 Å². The molecule has 110 valence electrons. The summed E-state index contributed by atoms with van der Waals surface area (Å²) in [5, 5.41) is 11.1. The van der Waals surface area contributed by atoms with Gasteiger partial charge in [0.2, 0.25) is 0 Å². The van der Waals surface area contributed by atoms with E-state index in [0.29, 0.717) is 13.7 Å². The van der Waals surface area contributed by atoms with Gasteiger partial charge in [0.15, 0.2) is 14.4 Å². The lowest BCUT2D eigenvalue weighted by molar-refractivity contribution is -0.387. The zero-order valence-corrected chi connectivity index (χ0v) is 14.3. The molecule has 1 aromatic heterocycles. The maximum atomic E-state index is 11.5. The molecule has 0 saturated heterocycles. The van der Waals surface area contributed by atoms with Crippen molar-refractivity contribution in [1.82, 2.24) is 4.98 Å². The summed E-state index contributed by atoms with van der Waals surface area (Å²) in [5.74, 6) is -0.588. The second-order valence-corrected chi connectivity index (χ2v) is 7.12. The number of thiazole rings is 1. The fourth-order valence-electron chi connectivity index (χ4n) is 1.36. The van der Waals surface area contributed by atoms with Gasteiger partial charge in [-0.2, -0.15) is 0 Å². The van der Waals surface area contributed by atoms with E-state index in [0.717, 1.165) is 23.1 Å². The van der Waals surface area contributed by atoms with Crippen LogP contribution in [0.2, 0.25) is 5.15 Å². The third kappa shape index (κ3) is 3.73. The number of halogens is 2. The fourth-order valence-corrected chi connectivity index (χ4v) is 4.08. The molecular formula is C11H6BrClN2O4S2. The molecule has 0 spiro atoms. The number of aromatic nitrogens is 1. The van der Waals surface area contributed by atoms with Crippen molar-refractivity contribution in [3.8, 4) is 0 Å². The standard InChI is InChI=1S/C11H6BrClN2O4S2/c1-19-10(16)8-9(13)14-11(21-8)20-7-3-2-5(12)4-6(7)15(17)18/h2-4H,1H3. The number of esters is 1. The second kappa shape index (κ2) is 6.73. The Kier molecular flexibility index (Phi) is 5.20. The highest BCUT2D eigenvalue weighted by Crippen LogP contribution is 2.40. The first-order valence-electron chi connectivity index (χ1n) is 5.28. The Bertz CT molecular complexity index is 722. The van der Waals surface area contributed by atoms with Crippen LogP contribution in [-0.2, 0) is 4.74 Å². The van der Waals surface area contributed by atoms with E-state index >= 15 is 0 Å².